The third-order valence-electron chi connectivity index (χ3n) is 3.87. The molecule has 0 aliphatic heterocycles. The number of hydrogen-bond acceptors (Lipinski definition) is 6. The van der Waals surface area contributed by atoms with Gasteiger partial charge in [0.25, 0.3) is 0 Å². The molecular formula is C20H21ClNO5P. The fourth-order valence-corrected chi connectivity index (χ4v) is 4.30. The van der Waals surface area contributed by atoms with Gasteiger partial charge in [0.15, 0.2) is 0 Å². The summed E-state index contributed by atoms with van der Waals surface area (Å²) >= 11 is 5.96. The van der Waals surface area contributed by atoms with E-state index >= 15 is 0 Å². The second kappa shape index (κ2) is 9.77. The van der Waals surface area contributed by atoms with Gasteiger partial charge in [-0.1, -0.05) is 41.9 Å². The average Bonchev–Trinajstić information content (AvgIpc) is 2.73. The van der Waals surface area contributed by atoms with Crippen molar-refractivity contribution in [3.8, 4) is 11.8 Å². The summed E-state index contributed by atoms with van der Waals surface area (Å²) in [4.78, 5) is 11.9. The molecule has 148 valence electrons. The minimum Gasteiger partial charge on any atom is -0.456 e. The molecule has 0 heterocycles. The Morgan fingerprint density at radius 1 is 1.11 bits per heavy atom. The third kappa shape index (κ3) is 4.76. The van der Waals surface area contributed by atoms with Gasteiger partial charge in [-0.3, -0.25) is 4.57 Å². The summed E-state index contributed by atoms with van der Waals surface area (Å²) in [7, 11) is -1.40. The van der Waals surface area contributed by atoms with Crippen molar-refractivity contribution in [2.75, 3.05) is 26.1 Å². The predicted molar refractivity (Wildman–Crippen MR) is 109 cm³/mol. The lowest BCUT2D eigenvalue weighted by Crippen LogP contribution is -2.35. The van der Waals surface area contributed by atoms with Crippen LogP contribution in [-0.2, 0) is 28.4 Å². The lowest BCUT2D eigenvalue weighted by molar-refractivity contribution is -0.136. The Labute approximate surface area is 169 Å². The van der Waals surface area contributed by atoms with Gasteiger partial charge in [0.2, 0.25) is 5.28 Å². The van der Waals surface area contributed by atoms with Gasteiger partial charge >= 0.3 is 13.6 Å². The van der Waals surface area contributed by atoms with Gasteiger partial charge in [-0.15, -0.1) is 0 Å². The number of carbonyl (C=O) groups excluding carboxylic acids is 1. The number of nitrogens with one attached hydrogen (secondary N) is 1. The Bertz CT molecular complexity index is 900. The van der Waals surface area contributed by atoms with E-state index in [1.54, 1.807) is 61.5 Å². The molecule has 0 aliphatic carbocycles. The molecule has 0 spiro atoms. The Hall–Kier alpha value is -2.29. The van der Waals surface area contributed by atoms with Gasteiger partial charge in [0.05, 0.1) is 6.61 Å². The zero-order valence-electron chi connectivity index (χ0n) is 15.8. The van der Waals surface area contributed by atoms with E-state index < -0.39 is 18.8 Å². The lowest BCUT2D eigenvalue weighted by atomic mass is 10.1. The van der Waals surface area contributed by atoms with Crippen molar-refractivity contribution in [2.24, 2.45) is 0 Å². The molecule has 8 heteroatoms. The first-order chi connectivity index (χ1) is 13.4. The zero-order chi connectivity index (χ0) is 20.6. The molecule has 2 aromatic carbocycles. The van der Waals surface area contributed by atoms with Crippen LogP contribution in [0.15, 0.2) is 54.6 Å². The number of benzene rings is 2. The number of rotatable bonds is 7. The number of carbonyl (C=O) groups is 1. The molecule has 2 aromatic rings. The summed E-state index contributed by atoms with van der Waals surface area (Å²) < 4.78 is 29.1. The van der Waals surface area contributed by atoms with Crippen molar-refractivity contribution in [3.05, 3.63) is 65.2 Å². The molecule has 0 amide bonds. The molecule has 28 heavy (non-hydrogen) atoms. The highest BCUT2D eigenvalue weighted by atomic mass is 35.5. The fraction of sp³-hybridized carbons (Fsp3) is 0.250. The molecule has 0 bridgehead atoms. The Morgan fingerprint density at radius 3 is 2.25 bits per heavy atom. The topological polar surface area (TPSA) is 73.9 Å². The van der Waals surface area contributed by atoms with Crippen LogP contribution in [0.1, 0.15) is 12.5 Å². The summed E-state index contributed by atoms with van der Waals surface area (Å²) in [6.07, 6.45) is 0. The van der Waals surface area contributed by atoms with Crippen LogP contribution in [0.4, 0.5) is 5.69 Å². The Morgan fingerprint density at radius 2 is 1.71 bits per heavy atom. The van der Waals surface area contributed by atoms with E-state index in [1.165, 1.54) is 14.2 Å². The van der Waals surface area contributed by atoms with Crippen LogP contribution in [0, 0.1) is 11.8 Å². The molecule has 0 aromatic heterocycles. The highest BCUT2D eigenvalue weighted by Gasteiger charge is 2.51. The quantitative estimate of drug-likeness (QED) is 0.303. The molecular weight excluding hydrogens is 401 g/mol. The van der Waals surface area contributed by atoms with E-state index in [4.69, 9.17) is 25.4 Å². The maximum absolute atomic E-state index is 13.6. The Balaban J connectivity index is 2.72. The van der Waals surface area contributed by atoms with Crippen LogP contribution in [0.25, 0.3) is 0 Å². The first-order valence-corrected chi connectivity index (χ1v) is 10.3. The zero-order valence-corrected chi connectivity index (χ0v) is 17.4. The first kappa shape index (κ1) is 22.0. The van der Waals surface area contributed by atoms with Gasteiger partial charge in [0, 0.05) is 36.4 Å². The molecule has 0 fully saturated rings. The molecule has 0 radical (unpaired) electrons. The summed E-state index contributed by atoms with van der Waals surface area (Å²) in [5.74, 6) is 4.40. The summed E-state index contributed by atoms with van der Waals surface area (Å²) in [6.45, 7) is 1.84. The SMILES string of the molecule is CCOC(=O)C#CC(Nc1ccc(Cl)cc1)(c1ccccc1)P(=O)(OC)OC. The lowest BCUT2D eigenvalue weighted by Gasteiger charge is -2.35. The number of ether oxygens (including phenoxy) is 1. The van der Waals surface area contributed by atoms with Crippen LogP contribution >= 0.6 is 19.2 Å². The normalized spacial score (nSPS) is 13.0. The number of esters is 1. The second-order valence-electron chi connectivity index (χ2n) is 5.54. The highest BCUT2D eigenvalue weighted by molar-refractivity contribution is 7.55. The maximum Gasteiger partial charge on any atom is 0.384 e. The first-order valence-electron chi connectivity index (χ1n) is 8.41. The maximum atomic E-state index is 13.6. The van der Waals surface area contributed by atoms with Crippen molar-refractivity contribution >= 4 is 30.9 Å². The molecule has 6 nitrogen and oxygen atoms in total. The second-order valence-corrected chi connectivity index (χ2v) is 8.37. The molecule has 0 aliphatic rings. The van der Waals surface area contributed by atoms with Gasteiger partial charge in [-0.2, -0.15) is 0 Å². The van der Waals surface area contributed by atoms with Crippen molar-refractivity contribution in [2.45, 2.75) is 12.2 Å². The highest BCUT2D eigenvalue weighted by Crippen LogP contribution is 2.63. The number of halogens is 1. The summed E-state index contributed by atoms with van der Waals surface area (Å²) in [5, 5.41) is 1.99. The third-order valence-corrected chi connectivity index (χ3v) is 6.39. The van der Waals surface area contributed by atoms with Crippen LogP contribution in [-0.4, -0.2) is 26.8 Å². The van der Waals surface area contributed by atoms with Crippen LogP contribution in [0.2, 0.25) is 5.02 Å². The molecule has 0 saturated heterocycles. The minimum absolute atomic E-state index is 0.169. The van der Waals surface area contributed by atoms with Crippen molar-refractivity contribution < 1.29 is 23.1 Å². The molecule has 1 unspecified atom stereocenters. The molecule has 0 saturated carbocycles. The standard InChI is InChI=1S/C20H21ClNO5P/c1-4-27-19(23)14-15-20(28(24,25-2)26-3,16-8-6-5-7-9-16)22-18-12-10-17(21)11-13-18/h5-13,22H,4H2,1-3H3. The van der Waals surface area contributed by atoms with Crippen LogP contribution < -0.4 is 5.32 Å². The summed E-state index contributed by atoms with van der Waals surface area (Å²) in [5.41, 5.74) is 1.05. The van der Waals surface area contributed by atoms with Crippen molar-refractivity contribution in [1.29, 1.82) is 0 Å². The monoisotopic (exact) mass is 421 g/mol. The minimum atomic E-state index is -3.92. The molecule has 2 rings (SSSR count). The van der Waals surface area contributed by atoms with Gasteiger partial charge < -0.3 is 19.1 Å². The number of hydrogen-bond donors (Lipinski definition) is 1. The largest absolute Gasteiger partial charge is 0.456 e. The van der Waals surface area contributed by atoms with Crippen LogP contribution in [0.5, 0.6) is 0 Å². The molecule has 1 atom stereocenters. The van der Waals surface area contributed by atoms with Crippen molar-refractivity contribution in [1.82, 2.24) is 0 Å². The fourth-order valence-electron chi connectivity index (χ4n) is 2.55. The van der Waals surface area contributed by atoms with E-state index in [0.29, 0.717) is 16.3 Å². The van der Waals surface area contributed by atoms with Crippen LogP contribution in [0.3, 0.4) is 0 Å². The van der Waals surface area contributed by atoms with E-state index in [2.05, 4.69) is 17.2 Å². The number of anilines is 1. The van der Waals surface area contributed by atoms with Gasteiger partial charge in [-0.05, 0) is 37.1 Å². The predicted octanol–water partition coefficient (Wildman–Crippen LogP) is 4.66. The molecule has 1 N–H and O–H groups in total. The van der Waals surface area contributed by atoms with E-state index in [-0.39, 0.29) is 6.61 Å². The van der Waals surface area contributed by atoms with Crippen molar-refractivity contribution in [3.63, 3.8) is 0 Å². The van der Waals surface area contributed by atoms with E-state index in [0.717, 1.165) is 0 Å². The smallest absolute Gasteiger partial charge is 0.384 e. The summed E-state index contributed by atoms with van der Waals surface area (Å²) in [6, 6.07) is 15.5. The van der Waals surface area contributed by atoms with E-state index in [9.17, 15) is 9.36 Å². The van der Waals surface area contributed by atoms with Gasteiger partial charge in [0.1, 0.15) is 0 Å². The van der Waals surface area contributed by atoms with Gasteiger partial charge in [-0.25, -0.2) is 4.79 Å². The Kier molecular flexibility index (Phi) is 7.68. The average molecular weight is 422 g/mol. The van der Waals surface area contributed by atoms with E-state index in [1.807, 2.05) is 0 Å².